The largest absolute Gasteiger partial charge is 0.468 e. The Bertz CT molecular complexity index is 340. The van der Waals surface area contributed by atoms with Crippen molar-refractivity contribution in [2.45, 2.75) is 19.0 Å². The molecule has 4 heteroatoms. The average molecular weight is 206 g/mol. The van der Waals surface area contributed by atoms with Crippen LogP contribution in [-0.2, 0) is 16.1 Å². The lowest BCUT2D eigenvalue weighted by Gasteiger charge is -2.38. The number of likely N-dealkylation sites (tertiary alicyclic amines) is 1. The van der Waals surface area contributed by atoms with Crippen molar-refractivity contribution >= 4 is 5.97 Å². The van der Waals surface area contributed by atoms with Gasteiger partial charge in [-0.1, -0.05) is 6.07 Å². The second-order valence-corrected chi connectivity index (χ2v) is 3.66. The van der Waals surface area contributed by atoms with E-state index in [1.165, 1.54) is 7.11 Å². The molecule has 2 rings (SSSR count). The molecule has 0 aliphatic carbocycles. The molecule has 2 heterocycles. The fourth-order valence-electron chi connectivity index (χ4n) is 1.76. The third-order valence-corrected chi connectivity index (χ3v) is 2.71. The zero-order valence-electron chi connectivity index (χ0n) is 8.72. The van der Waals surface area contributed by atoms with Crippen LogP contribution in [0.5, 0.6) is 0 Å². The minimum atomic E-state index is -0.134. The van der Waals surface area contributed by atoms with Gasteiger partial charge >= 0.3 is 5.97 Å². The van der Waals surface area contributed by atoms with Crippen LogP contribution >= 0.6 is 0 Å². The van der Waals surface area contributed by atoms with Gasteiger partial charge in [-0.25, -0.2) is 0 Å². The van der Waals surface area contributed by atoms with Gasteiger partial charge in [0.15, 0.2) is 0 Å². The van der Waals surface area contributed by atoms with Crippen molar-refractivity contribution in [3.8, 4) is 0 Å². The van der Waals surface area contributed by atoms with Gasteiger partial charge < -0.3 is 4.74 Å². The highest BCUT2D eigenvalue weighted by atomic mass is 16.5. The molecule has 1 atom stereocenters. The zero-order chi connectivity index (χ0) is 10.7. The molecular formula is C11H14N2O2. The van der Waals surface area contributed by atoms with Gasteiger partial charge in [-0.15, -0.1) is 0 Å². The Morgan fingerprint density at radius 1 is 1.73 bits per heavy atom. The van der Waals surface area contributed by atoms with E-state index < -0.39 is 0 Å². The Hall–Kier alpha value is -1.42. The molecule has 1 aromatic heterocycles. The number of rotatable bonds is 3. The molecule has 1 aliphatic rings. The van der Waals surface area contributed by atoms with Crippen molar-refractivity contribution < 1.29 is 9.53 Å². The van der Waals surface area contributed by atoms with Crippen LogP contribution in [0.1, 0.15) is 12.0 Å². The normalized spacial score (nSPS) is 20.7. The second-order valence-electron chi connectivity index (χ2n) is 3.66. The fraction of sp³-hybridized carbons (Fsp3) is 0.455. The summed E-state index contributed by atoms with van der Waals surface area (Å²) in [5.74, 6) is -0.134. The first-order valence-corrected chi connectivity index (χ1v) is 5.02. The molecule has 15 heavy (non-hydrogen) atoms. The lowest BCUT2D eigenvalue weighted by atomic mass is 10.0. The van der Waals surface area contributed by atoms with Crippen molar-refractivity contribution in [2.75, 3.05) is 13.7 Å². The Balaban J connectivity index is 1.94. The monoisotopic (exact) mass is 206 g/mol. The topological polar surface area (TPSA) is 42.4 Å². The smallest absolute Gasteiger partial charge is 0.323 e. The number of pyridine rings is 1. The molecule has 0 N–H and O–H groups in total. The van der Waals surface area contributed by atoms with Crippen LogP contribution in [0.3, 0.4) is 0 Å². The van der Waals surface area contributed by atoms with Gasteiger partial charge in [-0.2, -0.15) is 0 Å². The quantitative estimate of drug-likeness (QED) is 0.687. The van der Waals surface area contributed by atoms with Gasteiger partial charge in [-0.3, -0.25) is 14.7 Å². The molecule has 1 aromatic rings. The number of nitrogens with zero attached hydrogens (tertiary/aromatic N) is 2. The number of ether oxygens (including phenoxy) is 1. The summed E-state index contributed by atoms with van der Waals surface area (Å²) in [5.41, 5.74) is 1.13. The molecule has 0 radical (unpaired) electrons. The van der Waals surface area contributed by atoms with Crippen LogP contribution in [0, 0.1) is 0 Å². The predicted molar refractivity (Wildman–Crippen MR) is 55.1 cm³/mol. The van der Waals surface area contributed by atoms with Crippen LogP contribution in [0.25, 0.3) is 0 Å². The van der Waals surface area contributed by atoms with E-state index in [1.54, 1.807) is 6.20 Å². The predicted octanol–water partition coefficient (Wildman–Crippen LogP) is 0.829. The number of carbonyl (C=O) groups excluding carboxylic acids is 1. The number of hydrogen-bond donors (Lipinski definition) is 0. The first-order valence-electron chi connectivity index (χ1n) is 5.02. The summed E-state index contributed by atoms with van der Waals surface area (Å²) in [7, 11) is 1.43. The third kappa shape index (κ3) is 2.15. The summed E-state index contributed by atoms with van der Waals surface area (Å²) in [6, 6.07) is 3.86. The highest BCUT2D eigenvalue weighted by Gasteiger charge is 2.34. The molecule has 0 amide bonds. The lowest BCUT2D eigenvalue weighted by molar-refractivity contribution is -0.152. The summed E-state index contributed by atoms with van der Waals surface area (Å²) in [4.78, 5) is 17.5. The van der Waals surface area contributed by atoms with Crippen molar-refractivity contribution in [1.29, 1.82) is 0 Å². The average Bonchev–Trinajstić information content (AvgIpc) is 2.25. The molecule has 1 aliphatic heterocycles. The lowest BCUT2D eigenvalue weighted by Crippen LogP contribution is -2.52. The van der Waals surface area contributed by atoms with Gasteiger partial charge in [-0.05, 0) is 18.1 Å². The Kier molecular flexibility index (Phi) is 2.97. The summed E-state index contributed by atoms with van der Waals surface area (Å²) in [5, 5.41) is 0. The fourth-order valence-corrected chi connectivity index (χ4v) is 1.76. The highest BCUT2D eigenvalue weighted by molar-refractivity contribution is 5.76. The molecule has 0 spiro atoms. The van der Waals surface area contributed by atoms with Crippen molar-refractivity contribution in [3.05, 3.63) is 30.1 Å². The number of esters is 1. The molecule has 0 bridgehead atoms. The molecule has 1 saturated heterocycles. The zero-order valence-corrected chi connectivity index (χ0v) is 8.72. The number of aromatic nitrogens is 1. The molecule has 0 saturated carbocycles. The minimum absolute atomic E-state index is 0.0600. The number of hydrogen-bond acceptors (Lipinski definition) is 4. The molecule has 1 unspecified atom stereocenters. The van der Waals surface area contributed by atoms with E-state index in [2.05, 4.69) is 9.88 Å². The molecule has 0 aromatic carbocycles. The first-order chi connectivity index (χ1) is 7.31. The minimum Gasteiger partial charge on any atom is -0.468 e. The van der Waals surface area contributed by atoms with E-state index in [9.17, 15) is 4.79 Å². The van der Waals surface area contributed by atoms with E-state index in [0.717, 1.165) is 25.1 Å². The van der Waals surface area contributed by atoms with Crippen molar-refractivity contribution in [3.63, 3.8) is 0 Å². The molecular weight excluding hydrogens is 192 g/mol. The van der Waals surface area contributed by atoms with E-state index in [-0.39, 0.29) is 12.0 Å². The Labute approximate surface area is 88.9 Å². The van der Waals surface area contributed by atoms with Crippen molar-refractivity contribution in [1.82, 2.24) is 9.88 Å². The SMILES string of the molecule is COC(=O)C1CCN1Cc1cccnc1. The van der Waals surface area contributed by atoms with Crippen LogP contribution in [0.4, 0.5) is 0 Å². The summed E-state index contributed by atoms with van der Waals surface area (Å²) in [6.07, 6.45) is 4.47. The van der Waals surface area contributed by atoms with Crippen LogP contribution in [0.15, 0.2) is 24.5 Å². The van der Waals surface area contributed by atoms with Gasteiger partial charge in [0.05, 0.1) is 7.11 Å². The van der Waals surface area contributed by atoms with E-state index in [4.69, 9.17) is 4.74 Å². The maximum atomic E-state index is 11.3. The number of methoxy groups -OCH3 is 1. The van der Waals surface area contributed by atoms with E-state index in [1.807, 2.05) is 18.3 Å². The summed E-state index contributed by atoms with van der Waals surface area (Å²) < 4.78 is 4.73. The highest BCUT2D eigenvalue weighted by Crippen LogP contribution is 2.20. The van der Waals surface area contributed by atoms with E-state index >= 15 is 0 Å². The molecule has 4 nitrogen and oxygen atoms in total. The Morgan fingerprint density at radius 2 is 2.60 bits per heavy atom. The molecule has 80 valence electrons. The third-order valence-electron chi connectivity index (χ3n) is 2.71. The van der Waals surface area contributed by atoms with Gasteiger partial charge in [0.25, 0.3) is 0 Å². The van der Waals surface area contributed by atoms with E-state index in [0.29, 0.717) is 0 Å². The van der Waals surface area contributed by atoms with Gasteiger partial charge in [0.1, 0.15) is 6.04 Å². The van der Waals surface area contributed by atoms with Crippen molar-refractivity contribution in [2.24, 2.45) is 0 Å². The summed E-state index contributed by atoms with van der Waals surface area (Å²) >= 11 is 0. The molecule has 1 fully saturated rings. The Morgan fingerprint density at radius 3 is 3.13 bits per heavy atom. The second kappa shape index (κ2) is 4.40. The van der Waals surface area contributed by atoms with Crippen LogP contribution in [0.2, 0.25) is 0 Å². The summed E-state index contributed by atoms with van der Waals surface area (Å²) in [6.45, 7) is 1.72. The van der Waals surface area contributed by atoms with Gasteiger partial charge in [0.2, 0.25) is 0 Å². The maximum Gasteiger partial charge on any atom is 0.323 e. The van der Waals surface area contributed by atoms with Gasteiger partial charge in [0, 0.05) is 25.5 Å². The van der Waals surface area contributed by atoms with Crippen LogP contribution in [-0.4, -0.2) is 35.5 Å². The standard InChI is InChI=1S/C11H14N2O2/c1-15-11(14)10-4-6-13(10)8-9-3-2-5-12-7-9/h2-3,5,7,10H,4,6,8H2,1H3. The first kappa shape index (κ1) is 10.1. The number of carbonyl (C=O) groups is 1. The maximum absolute atomic E-state index is 11.3. The van der Waals surface area contributed by atoms with Crippen LogP contribution < -0.4 is 0 Å².